The van der Waals surface area contributed by atoms with E-state index in [-0.39, 0.29) is 5.91 Å². The summed E-state index contributed by atoms with van der Waals surface area (Å²) in [6, 6.07) is 2.61. The molecule has 0 aliphatic heterocycles. The quantitative estimate of drug-likeness (QED) is 0.815. The van der Waals surface area contributed by atoms with Gasteiger partial charge in [0.1, 0.15) is 6.26 Å². The Morgan fingerprint density at radius 1 is 1.31 bits per heavy atom. The molecule has 0 atom stereocenters. The number of furan rings is 1. The zero-order chi connectivity index (χ0) is 11.4. The van der Waals surface area contributed by atoms with Gasteiger partial charge < -0.3 is 15.1 Å². The van der Waals surface area contributed by atoms with Gasteiger partial charge in [0.2, 0.25) is 0 Å². The highest BCUT2D eigenvalue weighted by Crippen LogP contribution is 2.18. The van der Waals surface area contributed by atoms with E-state index in [9.17, 15) is 4.79 Å². The number of hydrogen-bond acceptors (Lipinski definition) is 3. The third-order valence-electron chi connectivity index (χ3n) is 3.25. The first-order valence-electron chi connectivity index (χ1n) is 5.80. The monoisotopic (exact) mass is 222 g/mol. The Balaban J connectivity index is 1.81. The van der Waals surface area contributed by atoms with Gasteiger partial charge >= 0.3 is 0 Å². The summed E-state index contributed by atoms with van der Waals surface area (Å²) in [5.41, 5.74) is 0.607. The summed E-state index contributed by atoms with van der Waals surface area (Å²) in [6.45, 7) is 0. The van der Waals surface area contributed by atoms with Crippen molar-refractivity contribution in [2.75, 3.05) is 7.05 Å². The van der Waals surface area contributed by atoms with Gasteiger partial charge in [0.05, 0.1) is 11.8 Å². The molecule has 16 heavy (non-hydrogen) atoms. The molecular formula is C12H18N2O2. The van der Waals surface area contributed by atoms with E-state index in [2.05, 4.69) is 10.6 Å². The molecule has 88 valence electrons. The molecule has 4 nitrogen and oxygen atoms in total. The fourth-order valence-corrected chi connectivity index (χ4v) is 2.19. The van der Waals surface area contributed by atoms with Crippen LogP contribution in [0.2, 0.25) is 0 Å². The molecule has 1 heterocycles. The van der Waals surface area contributed by atoms with Gasteiger partial charge in [0.15, 0.2) is 0 Å². The largest absolute Gasteiger partial charge is 0.472 e. The number of hydrogen-bond donors (Lipinski definition) is 2. The highest BCUT2D eigenvalue weighted by Gasteiger charge is 2.21. The number of amides is 1. The molecule has 1 aromatic rings. The molecule has 0 unspecified atom stereocenters. The molecule has 1 aliphatic rings. The molecule has 1 amide bonds. The Labute approximate surface area is 95.4 Å². The van der Waals surface area contributed by atoms with Crippen molar-refractivity contribution in [3.63, 3.8) is 0 Å². The van der Waals surface area contributed by atoms with Crippen molar-refractivity contribution in [3.05, 3.63) is 24.2 Å². The van der Waals surface area contributed by atoms with E-state index in [0.717, 1.165) is 25.7 Å². The van der Waals surface area contributed by atoms with Crippen LogP contribution >= 0.6 is 0 Å². The molecule has 4 heteroatoms. The van der Waals surface area contributed by atoms with E-state index in [1.54, 1.807) is 6.07 Å². The summed E-state index contributed by atoms with van der Waals surface area (Å²) in [4.78, 5) is 11.7. The molecule has 1 saturated carbocycles. The standard InChI is InChI=1S/C12H18N2O2/c1-13-10-2-4-11(5-3-10)14-12(15)9-6-7-16-8-9/h6-8,10-11,13H,2-5H2,1H3,(H,14,15). The SMILES string of the molecule is CNC1CCC(NC(=O)c2ccoc2)CC1. The molecule has 2 N–H and O–H groups in total. The molecule has 1 fully saturated rings. The molecule has 0 saturated heterocycles. The minimum Gasteiger partial charge on any atom is -0.472 e. The summed E-state index contributed by atoms with van der Waals surface area (Å²) >= 11 is 0. The van der Waals surface area contributed by atoms with Crippen molar-refractivity contribution in [3.8, 4) is 0 Å². The second-order valence-corrected chi connectivity index (χ2v) is 4.32. The van der Waals surface area contributed by atoms with Gasteiger partial charge in [0.25, 0.3) is 5.91 Å². The molecule has 0 radical (unpaired) electrons. The number of rotatable bonds is 3. The lowest BCUT2D eigenvalue weighted by Gasteiger charge is -2.28. The number of carbonyl (C=O) groups excluding carboxylic acids is 1. The Morgan fingerprint density at radius 3 is 2.56 bits per heavy atom. The van der Waals surface area contributed by atoms with E-state index in [1.807, 2.05) is 7.05 Å². The van der Waals surface area contributed by atoms with Crippen LogP contribution in [0.5, 0.6) is 0 Å². The van der Waals surface area contributed by atoms with Crippen LogP contribution in [0, 0.1) is 0 Å². The summed E-state index contributed by atoms with van der Waals surface area (Å²) in [6.07, 6.45) is 7.37. The molecular weight excluding hydrogens is 204 g/mol. The van der Waals surface area contributed by atoms with Crippen molar-refractivity contribution in [1.82, 2.24) is 10.6 Å². The molecule has 1 aromatic heterocycles. The average molecular weight is 222 g/mol. The van der Waals surface area contributed by atoms with Gasteiger partial charge in [-0.2, -0.15) is 0 Å². The van der Waals surface area contributed by atoms with Gasteiger partial charge in [-0.05, 0) is 38.8 Å². The molecule has 1 aliphatic carbocycles. The van der Waals surface area contributed by atoms with E-state index in [1.165, 1.54) is 12.5 Å². The van der Waals surface area contributed by atoms with Crippen LogP contribution < -0.4 is 10.6 Å². The Kier molecular flexibility index (Phi) is 3.62. The fourth-order valence-electron chi connectivity index (χ4n) is 2.19. The normalized spacial score (nSPS) is 25.3. The second kappa shape index (κ2) is 5.16. The van der Waals surface area contributed by atoms with Gasteiger partial charge in [0, 0.05) is 12.1 Å². The highest BCUT2D eigenvalue weighted by atomic mass is 16.3. The Hall–Kier alpha value is -1.29. The topological polar surface area (TPSA) is 54.3 Å². The maximum Gasteiger partial charge on any atom is 0.254 e. The van der Waals surface area contributed by atoms with Crippen LogP contribution in [-0.4, -0.2) is 25.0 Å². The fraction of sp³-hybridized carbons (Fsp3) is 0.583. The first-order chi connectivity index (χ1) is 7.79. The van der Waals surface area contributed by atoms with E-state index >= 15 is 0 Å². The lowest BCUT2D eigenvalue weighted by molar-refractivity contribution is 0.0924. The average Bonchev–Trinajstić information content (AvgIpc) is 2.83. The minimum absolute atomic E-state index is 0.0262. The first-order valence-corrected chi connectivity index (χ1v) is 5.80. The maximum atomic E-state index is 11.7. The van der Waals surface area contributed by atoms with E-state index in [0.29, 0.717) is 17.6 Å². The van der Waals surface area contributed by atoms with Gasteiger partial charge in [-0.25, -0.2) is 0 Å². The van der Waals surface area contributed by atoms with Crippen molar-refractivity contribution < 1.29 is 9.21 Å². The van der Waals surface area contributed by atoms with Gasteiger partial charge in [-0.15, -0.1) is 0 Å². The van der Waals surface area contributed by atoms with Crippen LogP contribution in [-0.2, 0) is 0 Å². The zero-order valence-corrected chi connectivity index (χ0v) is 9.53. The predicted molar refractivity (Wildman–Crippen MR) is 61.3 cm³/mol. The van der Waals surface area contributed by atoms with Crippen molar-refractivity contribution in [1.29, 1.82) is 0 Å². The van der Waals surface area contributed by atoms with E-state index < -0.39 is 0 Å². The highest BCUT2D eigenvalue weighted by molar-refractivity contribution is 5.93. The van der Waals surface area contributed by atoms with Crippen LogP contribution in [0.15, 0.2) is 23.0 Å². The lowest BCUT2D eigenvalue weighted by Crippen LogP contribution is -2.41. The van der Waals surface area contributed by atoms with Crippen LogP contribution in [0.3, 0.4) is 0 Å². The third kappa shape index (κ3) is 2.64. The first kappa shape index (κ1) is 11.2. The molecule has 0 spiro atoms. The summed E-state index contributed by atoms with van der Waals surface area (Å²) in [7, 11) is 2.00. The molecule has 2 rings (SSSR count). The lowest BCUT2D eigenvalue weighted by atomic mass is 9.91. The van der Waals surface area contributed by atoms with Crippen molar-refractivity contribution in [2.45, 2.75) is 37.8 Å². The van der Waals surface area contributed by atoms with Crippen LogP contribution in [0.1, 0.15) is 36.0 Å². The summed E-state index contributed by atoms with van der Waals surface area (Å²) < 4.78 is 4.89. The zero-order valence-electron chi connectivity index (χ0n) is 9.53. The second-order valence-electron chi connectivity index (χ2n) is 4.32. The Morgan fingerprint density at radius 2 is 2.00 bits per heavy atom. The maximum absolute atomic E-state index is 11.7. The summed E-state index contributed by atoms with van der Waals surface area (Å²) in [5, 5.41) is 6.32. The Bertz CT molecular complexity index is 327. The predicted octanol–water partition coefficient (Wildman–Crippen LogP) is 1.54. The number of nitrogens with one attached hydrogen (secondary N) is 2. The van der Waals surface area contributed by atoms with E-state index in [4.69, 9.17) is 4.42 Å². The van der Waals surface area contributed by atoms with Crippen LogP contribution in [0.4, 0.5) is 0 Å². The van der Waals surface area contributed by atoms with Gasteiger partial charge in [-0.3, -0.25) is 4.79 Å². The van der Waals surface area contributed by atoms with Gasteiger partial charge in [-0.1, -0.05) is 0 Å². The van der Waals surface area contributed by atoms with Crippen LogP contribution in [0.25, 0.3) is 0 Å². The smallest absolute Gasteiger partial charge is 0.254 e. The molecule has 0 aromatic carbocycles. The van der Waals surface area contributed by atoms with Crippen molar-refractivity contribution in [2.24, 2.45) is 0 Å². The summed E-state index contributed by atoms with van der Waals surface area (Å²) in [5.74, 6) is -0.0262. The minimum atomic E-state index is -0.0262. The number of carbonyl (C=O) groups is 1. The van der Waals surface area contributed by atoms with Crippen molar-refractivity contribution >= 4 is 5.91 Å². The molecule has 0 bridgehead atoms. The third-order valence-corrected chi connectivity index (χ3v) is 3.25.